The number of allylic oxidation sites excluding steroid dienone is 1. The third kappa shape index (κ3) is 3.28. The van der Waals surface area contributed by atoms with Crippen molar-refractivity contribution >= 4 is 11.8 Å². The van der Waals surface area contributed by atoms with Crippen LogP contribution in [0, 0.1) is 5.41 Å². The molecule has 1 saturated heterocycles. The number of benzene rings is 1. The molecule has 0 saturated carbocycles. The zero-order chi connectivity index (χ0) is 17.0. The summed E-state index contributed by atoms with van der Waals surface area (Å²) in [6, 6.07) is 7.19. The topological polar surface area (TPSA) is 70.7 Å². The SMILES string of the molecule is CN1CCNC(=O)c2ccccc2OCC=CCC2(CNC2)C1=O. The molecule has 1 spiro atoms. The summed E-state index contributed by atoms with van der Waals surface area (Å²) in [7, 11) is 1.79. The highest BCUT2D eigenvalue weighted by molar-refractivity contribution is 5.97. The fourth-order valence-corrected chi connectivity index (χ4v) is 3.04. The number of amides is 2. The summed E-state index contributed by atoms with van der Waals surface area (Å²) in [6.07, 6.45) is 4.61. The second-order valence-corrected chi connectivity index (χ2v) is 6.35. The van der Waals surface area contributed by atoms with Gasteiger partial charge in [-0.05, 0) is 18.6 Å². The van der Waals surface area contributed by atoms with Crippen molar-refractivity contribution in [1.29, 1.82) is 0 Å². The lowest BCUT2D eigenvalue weighted by atomic mass is 9.77. The molecule has 2 N–H and O–H groups in total. The van der Waals surface area contributed by atoms with Crippen LogP contribution in [0.15, 0.2) is 36.4 Å². The predicted molar refractivity (Wildman–Crippen MR) is 91.0 cm³/mol. The third-order valence-corrected chi connectivity index (χ3v) is 4.60. The molecular formula is C18H23N3O3. The quantitative estimate of drug-likeness (QED) is 0.691. The number of carbonyl (C=O) groups excluding carboxylic acids is 2. The number of fused-ring (bicyclic) bond motifs is 1. The van der Waals surface area contributed by atoms with Crippen LogP contribution in [0.3, 0.4) is 0 Å². The van der Waals surface area contributed by atoms with Gasteiger partial charge >= 0.3 is 0 Å². The molecule has 0 bridgehead atoms. The number of carbonyl (C=O) groups is 2. The van der Waals surface area contributed by atoms with Gasteiger partial charge in [0.05, 0.1) is 11.0 Å². The lowest BCUT2D eigenvalue weighted by molar-refractivity contribution is -0.143. The normalized spacial score (nSPS) is 21.3. The molecule has 2 aliphatic heterocycles. The Morgan fingerprint density at radius 2 is 1.96 bits per heavy atom. The highest BCUT2D eigenvalue weighted by Crippen LogP contribution is 2.30. The van der Waals surface area contributed by atoms with Gasteiger partial charge in [-0.1, -0.05) is 24.3 Å². The Morgan fingerprint density at radius 1 is 1.17 bits per heavy atom. The van der Waals surface area contributed by atoms with Crippen LogP contribution < -0.4 is 15.4 Å². The van der Waals surface area contributed by atoms with Gasteiger partial charge in [0.1, 0.15) is 12.4 Å². The van der Waals surface area contributed by atoms with E-state index in [1.165, 1.54) is 0 Å². The van der Waals surface area contributed by atoms with Crippen molar-refractivity contribution in [3.05, 3.63) is 42.0 Å². The molecule has 24 heavy (non-hydrogen) atoms. The van der Waals surface area contributed by atoms with Crippen molar-refractivity contribution < 1.29 is 14.3 Å². The van der Waals surface area contributed by atoms with E-state index in [1.54, 1.807) is 24.1 Å². The van der Waals surface area contributed by atoms with E-state index in [9.17, 15) is 9.59 Å². The standard InChI is InChI=1S/C18H23N3O3/c1-21-10-9-20-16(22)14-6-2-3-7-15(14)24-11-5-4-8-18(17(21)23)12-19-13-18/h2-7,19H,8-13H2,1H3,(H,20,22). The molecule has 0 unspecified atom stereocenters. The minimum absolute atomic E-state index is 0.124. The highest BCUT2D eigenvalue weighted by Gasteiger charge is 2.44. The van der Waals surface area contributed by atoms with Crippen LogP contribution in [0.1, 0.15) is 16.8 Å². The number of hydrogen-bond acceptors (Lipinski definition) is 4. The Kier molecular flexibility index (Phi) is 4.85. The number of hydrogen-bond donors (Lipinski definition) is 2. The highest BCUT2D eigenvalue weighted by atomic mass is 16.5. The zero-order valence-electron chi connectivity index (χ0n) is 13.9. The van der Waals surface area contributed by atoms with E-state index in [2.05, 4.69) is 10.6 Å². The third-order valence-electron chi connectivity index (χ3n) is 4.60. The van der Waals surface area contributed by atoms with Crippen molar-refractivity contribution in [1.82, 2.24) is 15.5 Å². The largest absolute Gasteiger partial charge is 0.489 e. The number of para-hydroxylation sites is 1. The summed E-state index contributed by atoms with van der Waals surface area (Å²) in [5, 5.41) is 6.06. The van der Waals surface area contributed by atoms with Gasteiger partial charge in [-0.15, -0.1) is 0 Å². The second kappa shape index (κ2) is 7.05. The predicted octanol–water partition coefficient (Wildman–Crippen LogP) is 0.803. The van der Waals surface area contributed by atoms with Crippen LogP contribution in [0.2, 0.25) is 0 Å². The maximum atomic E-state index is 12.7. The molecule has 6 heteroatoms. The number of ether oxygens (including phenoxy) is 1. The first kappa shape index (κ1) is 16.5. The summed E-state index contributed by atoms with van der Waals surface area (Å²) in [4.78, 5) is 26.8. The van der Waals surface area contributed by atoms with Crippen LogP contribution in [-0.4, -0.2) is 56.5 Å². The average Bonchev–Trinajstić information content (AvgIpc) is 2.55. The summed E-state index contributed by atoms with van der Waals surface area (Å²) in [5.41, 5.74) is 0.147. The fourth-order valence-electron chi connectivity index (χ4n) is 3.04. The lowest BCUT2D eigenvalue weighted by Gasteiger charge is -2.43. The molecule has 1 aromatic rings. The minimum Gasteiger partial charge on any atom is -0.489 e. The van der Waals surface area contributed by atoms with Gasteiger partial charge in [-0.25, -0.2) is 0 Å². The number of likely N-dealkylation sites (N-methyl/N-ethyl adjacent to an activating group) is 1. The van der Waals surface area contributed by atoms with Gasteiger partial charge in [-0.2, -0.15) is 0 Å². The first-order valence-electron chi connectivity index (χ1n) is 8.24. The van der Waals surface area contributed by atoms with Crippen molar-refractivity contribution in [2.45, 2.75) is 6.42 Å². The monoisotopic (exact) mass is 329 g/mol. The molecule has 0 atom stereocenters. The number of rotatable bonds is 0. The van der Waals surface area contributed by atoms with E-state index in [0.717, 1.165) is 0 Å². The molecule has 0 aliphatic carbocycles. The Balaban J connectivity index is 1.79. The van der Waals surface area contributed by atoms with Crippen LogP contribution in [0.25, 0.3) is 0 Å². The van der Waals surface area contributed by atoms with Gasteiger partial charge in [0, 0.05) is 33.2 Å². The summed E-state index contributed by atoms with van der Waals surface area (Å²) >= 11 is 0. The minimum atomic E-state index is -0.364. The van der Waals surface area contributed by atoms with Crippen LogP contribution in [-0.2, 0) is 4.79 Å². The molecular weight excluding hydrogens is 306 g/mol. The molecule has 128 valence electrons. The van der Waals surface area contributed by atoms with E-state index in [1.807, 2.05) is 24.3 Å². The maximum absolute atomic E-state index is 12.7. The van der Waals surface area contributed by atoms with Gasteiger partial charge in [0.2, 0.25) is 5.91 Å². The van der Waals surface area contributed by atoms with E-state index in [4.69, 9.17) is 4.74 Å². The van der Waals surface area contributed by atoms with Crippen LogP contribution in [0.5, 0.6) is 5.75 Å². The Hall–Kier alpha value is -2.34. The first-order valence-corrected chi connectivity index (χ1v) is 8.24. The molecule has 0 aromatic heterocycles. The van der Waals surface area contributed by atoms with E-state index >= 15 is 0 Å². The Morgan fingerprint density at radius 3 is 2.71 bits per heavy atom. The molecule has 2 amide bonds. The smallest absolute Gasteiger partial charge is 0.255 e. The van der Waals surface area contributed by atoms with Crippen molar-refractivity contribution in [3.8, 4) is 5.75 Å². The Bertz CT molecular complexity index is 653. The summed E-state index contributed by atoms with van der Waals surface area (Å²) in [6.45, 7) is 2.65. The molecule has 1 aromatic carbocycles. The summed E-state index contributed by atoms with van der Waals surface area (Å²) in [5.74, 6) is 0.507. The molecule has 3 rings (SSSR count). The van der Waals surface area contributed by atoms with Gasteiger partial charge in [0.25, 0.3) is 5.91 Å². The molecule has 2 heterocycles. The van der Waals surface area contributed by atoms with Gasteiger partial charge < -0.3 is 20.3 Å². The molecule has 6 nitrogen and oxygen atoms in total. The van der Waals surface area contributed by atoms with E-state index in [-0.39, 0.29) is 17.2 Å². The zero-order valence-corrected chi connectivity index (χ0v) is 13.9. The lowest BCUT2D eigenvalue weighted by Crippen LogP contribution is -2.61. The van der Waals surface area contributed by atoms with E-state index in [0.29, 0.717) is 50.5 Å². The Labute approximate surface area is 141 Å². The molecule has 2 aliphatic rings. The van der Waals surface area contributed by atoms with Crippen LogP contribution in [0.4, 0.5) is 0 Å². The van der Waals surface area contributed by atoms with Gasteiger partial charge in [-0.3, -0.25) is 9.59 Å². The number of nitrogens with one attached hydrogen (secondary N) is 2. The maximum Gasteiger partial charge on any atom is 0.255 e. The second-order valence-electron chi connectivity index (χ2n) is 6.35. The van der Waals surface area contributed by atoms with Crippen molar-refractivity contribution in [2.75, 3.05) is 39.8 Å². The molecule has 1 fully saturated rings. The van der Waals surface area contributed by atoms with Gasteiger partial charge in [0.15, 0.2) is 0 Å². The average molecular weight is 329 g/mol. The van der Waals surface area contributed by atoms with Crippen molar-refractivity contribution in [2.24, 2.45) is 5.41 Å². The number of nitrogens with zero attached hydrogens (tertiary/aromatic N) is 1. The molecule has 0 radical (unpaired) electrons. The fraction of sp³-hybridized carbons (Fsp3) is 0.444. The summed E-state index contributed by atoms with van der Waals surface area (Å²) < 4.78 is 5.71. The van der Waals surface area contributed by atoms with E-state index < -0.39 is 0 Å². The van der Waals surface area contributed by atoms with Crippen LogP contribution >= 0.6 is 0 Å². The first-order chi connectivity index (χ1) is 11.6. The van der Waals surface area contributed by atoms with Crippen molar-refractivity contribution in [3.63, 3.8) is 0 Å².